The van der Waals surface area contributed by atoms with Crippen molar-refractivity contribution in [1.82, 2.24) is 4.90 Å². The summed E-state index contributed by atoms with van der Waals surface area (Å²) >= 11 is 0. The highest BCUT2D eigenvalue weighted by molar-refractivity contribution is 5.80. The summed E-state index contributed by atoms with van der Waals surface area (Å²) in [5.41, 5.74) is 6.15. The molecule has 0 N–H and O–H groups in total. The number of allylic oxidation sites excluding steroid dienone is 2. The standard InChI is InChI=1S/C27H37N3O2/c1-27(2)9-7-22(8-10-27)25-20-23(29-15-18-31-19-16-29)5-6-26(25)30-13-11-28(12-14-30)21-24-4-3-17-32-24/h3-7,17,20H,8-16,18-19,21H2,1-2H3. The Balaban J connectivity index is 1.37. The van der Waals surface area contributed by atoms with Gasteiger partial charge in [-0.15, -0.1) is 0 Å². The molecule has 2 aromatic rings. The Morgan fingerprint density at radius 2 is 1.75 bits per heavy atom. The van der Waals surface area contributed by atoms with Crippen LogP contribution in [0.15, 0.2) is 47.1 Å². The van der Waals surface area contributed by atoms with Gasteiger partial charge in [-0.05, 0) is 60.6 Å². The summed E-state index contributed by atoms with van der Waals surface area (Å²) in [5, 5.41) is 0. The predicted octanol–water partition coefficient (Wildman–Crippen LogP) is 5.03. The SMILES string of the molecule is CC1(C)CC=C(c2cc(N3CCOCC3)ccc2N2CCN(Cc3ccco3)CC2)CC1. The lowest BCUT2D eigenvalue weighted by Crippen LogP contribution is -2.46. The van der Waals surface area contributed by atoms with Crippen LogP contribution < -0.4 is 9.80 Å². The van der Waals surface area contributed by atoms with Crippen molar-refractivity contribution < 1.29 is 9.15 Å². The fraction of sp³-hybridized carbons (Fsp3) is 0.556. The molecule has 0 radical (unpaired) electrons. The molecule has 172 valence electrons. The summed E-state index contributed by atoms with van der Waals surface area (Å²) in [6, 6.07) is 11.2. The van der Waals surface area contributed by atoms with Gasteiger partial charge < -0.3 is 19.0 Å². The second kappa shape index (κ2) is 9.32. The van der Waals surface area contributed by atoms with Crippen LogP contribution in [0.4, 0.5) is 11.4 Å². The minimum atomic E-state index is 0.420. The summed E-state index contributed by atoms with van der Waals surface area (Å²) < 4.78 is 11.1. The molecule has 0 amide bonds. The lowest BCUT2D eigenvalue weighted by atomic mass is 9.76. The van der Waals surface area contributed by atoms with Crippen LogP contribution >= 0.6 is 0 Å². The number of benzene rings is 1. The lowest BCUT2D eigenvalue weighted by molar-refractivity contribution is 0.122. The van der Waals surface area contributed by atoms with E-state index < -0.39 is 0 Å². The van der Waals surface area contributed by atoms with Crippen LogP contribution in [-0.2, 0) is 11.3 Å². The average molecular weight is 436 g/mol. The van der Waals surface area contributed by atoms with E-state index in [1.807, 2.05) is 6.07 Å². The highest BCUT2D eigenvalue weighted by Crippen LogP contribution is 2.42. The maximum atomic E-state index is 5.58. The first-order valence-corrected chi connectivity index (χ1v) is 12.2. The molecule has 5 rings (SSSR count). The number of nitrogens with zero attached hydrogens (tertiary/aromatic N) is 3. The van der Waals surface area contributed by atoms with Gasteiger partial charge >= 0.3 is 0 Å². The molecule has 1 aromatic heterocycles. The average Bonchev–Trinajstić information content (AvgIpc) is 3.33. The van der Waals surface area contributed by atoms with E-state index >= 15 is 0 Å². The molecular formula is C27H37N3O2. The molecule has 5 heteroatoms. The van der Waals surface area contributed by atoms with Crippen LogP contribution in [0.1, 0.15) is 44.4 Å². The highest BCUT2D eigenvalue weighted by Gasteiger charge is 2.26. The zero-order valence-electron chi connectivity index (χ0n) is 19.7. The monoisotopic (exact) mass is 435 g/mol. The smallest absolute Gasteiger partial charge is 0.117 e. The number of piperazine rings is 1. The molecule has 3 heterocycles. The number of hydrogen-bond donors (Lipinski definition) is 0. The molecule has 2 saturated heterocycles. The molecule has 5 nitrogen and oxygen atoms in total. The van der Waals surface area contributed by atoms with Gasteiger partial charge in [0, 0.05) is 56.2 Å². The van der Waals surface area contributed by atoms with Crippen molar-refractivity contribution in [3.8, 4) is 0 Å². The number of ether oxygens (including phenoxy) is 1. The van der Waals surface area contributed by atoms with Crippen LogP contribution in [0.2, 0.25) is 0 Å². The Hall–Kier alpha value is -2.24. The predicted molar refractivity (Wildman–Crippen MR) is 131 cm³/mol. The Kier molecular flexibility index (Phi) is 6.29. The van der Waals surface area contributed by atoms with Gasteiger partial charge in [0.15, 0.2) is 0 Å². The van der Waals surface area contributed by atoms with E-state index in [-0.39, 0.29) is 0 Å². The minimum Gasteiger partial charge on any atom is -0.468 e. The zero-order chi connectivity index (χ0) is 22.0. The summed E-state index contributed by atoms with van der Waals surface area (Å²) in [6.45, 7) is 13.6. The fourth-order valence-electron chi connectivity index (χ4n) is 5.17. The second-order valence-corrected chi connectivity index (χ2v) is 10.2. The summed E-state index contributed by atoms with van der Waals surface area (Å²) in [7, 11) is 0. The van der Waals surface area contributed by atoms with Crippen LogP contribution in [0.3, 0.4) is 0 Å². The molecule has 0 spiro atoms. The van der Waals surface area contributed by atoms with Crippen molar-refractivity contribution >= 4 is 16.9 Å². The summed E-state index contributed by atoms with van der Waals surface area (Å²) in [6.07, 6.45) is 7.88. The van der Waals surface area contributed by atoms with Crippen molar-refractivity contribution in [3.63, 3.8) is 0 Å². The Morgan fingerprint density at radius 1 is 0.938 bits per heavy atom. The lowest BCUT2D eigenvalue weighted by Gasteiger charge is -2.38. The van der Waals surface area contributed by atoms with Crippen molar-refractivity contribution in [3.05, 3.63) is 54.0 Å². The minimum absolute atomic E-state index is 0.420. The molecule has 0 unspecified atom stereocenters. The van der Waals surface area contributed by atoms with Gasteiger partial charge in [-0.25, -0.2) is 0 Å². The van der Waals surface area contributed by atoms with Gasteiger partial charge in [0.25, 0.3) is 0 Å². The van der Waals surface area contributed by atoms with E-state index in [2.05, 4.69) is 58.9 Å². The van der Waals surface area contributed by atoms with Crippen molar-refractivity contribution in [1.29, 1.82) is 0 Å². The first-order chi connectivity index (χ1) is 15.6. The Morgan fingerprint density at radius 3 is 2.44 bits per heavy atom. The van der Waals surface area contributed by atoms with Crippen molar-refractivity contribution in [2.24, 2.45) is 5.41 Å². The zero-order valence-corrected chi connectivity index (χ0v) is 19.7. The van der Waals surface area contributed by atoms with Crippen LogP contribution in [0, 0.1) is 5.41 Å². The van der Waals surface area contributed by atoms with E-state index in [9.17, 15) is 0 Å². The molecular weight excluding hydrogens is 398 g/mol. The number of furan rings is 1. The molecule has 1 aliphatic carbocycles. The number of morpholine rings is 1. The maximum absolute atomic E-state index is 5.58. The van der Waals surface area contributed by atoms with E-state index in [4.69, 9.17) is 9.15 Å². The van der Waals surface area contributed by atoms with Crippen LogP contribution in [0.25, 0.3) is 5.57 Å². The molecule has 3 aliphatic rings. The van der Waals surface area contributed by atoms with Crippen LogP contribution in [-0.4, -0.2) is 57.4 Å². The van der Waals surface area contributed by atoms with E-state index in [0.29, 0.717) is 5.41 Å². The second-order valence-electron chi connectivity index (χ2n) is 10.2. The number of hydrogen-bond acceptors (Lipinski definition) is 5. The largest absolute Gasteiger partial charge is 0.468 e. The number of anilines is 2. The first-order valence-electron chi connectivity index (χ1n) is 12.2. The Bertz CT molecular complexity index is 920. The molecule has 2 aliphatic heterocycles. The normalized spacial score (nSPS) is 22.1. The summed E-state index contributed by atoms with van der Waals surface area (Å²) in [5.74, 6) is 1.06. The van der Waals surface area contributed by atoms with Crippen molar-refractivity contribution in [2.45, 2.75) is 39.7 Å². The number of rotatable bonds is 5. The van der Waals surface area contributed by atoms with Gasteiger partial charge in [0.2, 0.25) is 0 Å². The van der Waals surface area contributed by atoms with Crippen LogP contribution in [0.5, 0.6) is 0 Å². The molecule has 0 atom stereocenters. The molecule has 2 fully saturated rings. The van der Waals surface area contributed by atoms with Gasteiger partial charge in [-0.1, -0.05) is 19.9 Å². The van der Waals surface area contributed by atoms with E-state index in [1.165, 1.54) is 41.8 Å². The third-order valence-corrected chi connectivity index (χ3v) is 7.35. The third-order valence-electron chi connectivity index (χ3n) is 7.35. The molecule has 1 aromatic carbocycles. The first kappa shape index (κ1) is 21.6. The highest BCUT2D eigenvalue weighted by atomic mass is 16.5. The van der Waals surface area contributed by atoms with Gasteiger partial charge in [0.1, 0.15) is 5.76 Å². The topological polar surface area (TPSA) is 32.1 Å². The van der Waals surface area contributed by atoms with Gasteiger partial charge in [-0.3, -0.25) is 4.90 Å². The summed E-state index contributed by atoms with van der Waals surface area (Å²) in [4.78, 5) is 7.57. The van der Waals surface area contributed by atoms with E-state index in [1.54, 1.807) is 6.26 Å². The fourth-order valence-corrected chi connectivity index (χ4v) is 5.17. The third kappa shape index (κ3) is 4.89. The maximum Gasteiger partial charge on any atom is 0.117 e. The quantitative estimate of drug-likeness (QED) is 0.658. The van der Waals surface area contributed by atoms with Gasteiger partial charge in [-0.2, -0.15) is 0 Å². The molecule has 0 bridgehead atoms. The molecule has 32 heavy (non-hydrogen) atoms. The van der Waals surface area contributed by atoms with E-state index in [0.717, 1.165) is 64.8 Å². The Labute approximate surface area is 192 Å². The van der Waals surface area contributed by atoms with Crippen molar-refractivity contribution in [2.75, 3.05) is 62.3 Å². The van der Waals surface area contributed by atoms with Gasteiger partial charge in [0.05, 0.1) is 26.0 Å². The molecule has 0 saturated carbocycles.